The molecule has 1 aliphatic heterocycles. The third-order valence-electron chi connectivity index (χ3n) is 4.46. The van der Waals surface area contributed by atoms with Crippen molar-refractivity contribution in [3.05, 3.63) is 52.6 Å². The van der Waals surface area contributed by atoms with E-state index in [4.69, 9.17) is 16.3 Å². The number of pyridine rings is 1. The highest BCUT2D eigenvalue weighted by Gasteiger charge is 2.27. The molecule has 1 atom stereocenters. The molecule has 26 heavy (non-hydrogen) atoms. The van der Waals surface area contributed by atoms with Gasteiger partial charge in [0.2, 0.25) is 5.88 Å². The summed E-state index contributed by atoms with van der Waals surface area (Å²) in [6, 6.07) is 11.4. The lowest BCUT2D eigenvalue weighted by Gasteiger charge is -2.32. The van der Waals surface area contributed by atoms with Crippen LogP contribution < -0.4 is 4.74 Å². The van der Waals surface area contributed by atoms with E-state index >= 15 is 0 Å². The Kier molecular flexibility index (Phi) is 5.04. The minimum Gasteiger partial charge on any atom is -0.476 e. The molecule has 4 rings (SSSR count). The largest absolute Gasteiger partial charge is 0.476 e. The van der Waals surface area contributed by atoms with Crippen molar-refractivity contribution < 1.29 is 9.53 Å². The monoisotopic (exact) mass is 387 g/mol. The van der Waals surface area contributed by atoms with Crippen LogP contribution in [0.1, 0.15) is 22.6 Å². The van der Waals surface area contributed by atoms with Crippen LogP contribution in [0.3, 0.4) is 0 Å². The van der Waals surface area contributed by atoms with Crippen LogP contribution in [0, 0.1) is 5.92 Å². The Morgan fingerprint density at radius 2 is 2.19 bits per heavy atom. The number of para-hydroxylation sites is 1. The molecule has 0 radical (unpaired) electrons. The van der Waals surface area contributed by atoms with Gasteiger partial charge >= 0.3 is 0 Å². The number of carbonyl (C=O) groups excluding carboxylic acids is 1. The molecule has 1 saturated heterocycles. The van der Waals surface area contributed by atoms with Crippen molar-refractivity contribution in [1.82, 2.24) is 14.9 Å². The van der Waals surface area contributed by atoms with Crippen molar-refractivity contribution >= 4 is 39.1 Å². The Morgan fingerprint density at radius 1 is 1.31 bits per heavy atom. The third-order valence-corrected chi connectivity index (χ3v) is 5.78. The minimum atomic E-state index is 0.00627. The van der Waals surface area contributed by atoms with E-state index in [-0.39, 0.29) is 11.8 Å². The van der Waals surface area contributed by atoms with Crippen LogP contribution in [-0.2, 0) is 0 Å². The summed E-state index contributed by atoms with van der Waals surface area (Å²) in [6.07, 6.45) is 3.64. The molecule has 2 aromatic heterocycles. The number of carbonyl (C=O) groups is 1. The molecule has 0 aliphatic carbocycles. The highest BCUT2D eigenvalue weighted by Crippen LogP contribution is 2.26. The Bertz CT molecular complexity index is 897. The molecule has 1 amide bonds. The number of likely N-dealkylation sites (tertiary alicyclic amines) is 1. The SMILES string of the molecule is O=C(c1nc2ccccc2s1)N1CCCC(COc2ncccc2Cl)C1. The summed E-state index contributed by atoms with van der Waals surface area (Å²) < 4.78 is 6.80. The van der Waals surface area contributed by atoms with Crippen LogP contribution in [0.15, 0.2) is 42.6 Å². The number of benzene rings is 1. The zero-order chi connectivity index (χ0) is 17.9. The van der Waals surface area contributed by atoms with Gasteiger partial charge in [-0.25, -0.2) is 9.97 Å². The minimum absolute atomic E-state index is 0.00627. The number of halogens is 1. The molecule has 1 unspecified atom stereocenters. The Balaban J connectivity index is 1.41. The fraction of sp³-hybridized carbons (Fsp3) is 0.316. The van der Waals surface area contributed by atoms with Gasteiger partial charge in [0.15, 0.2) is 5.01 Å². The topological polar surface area (TPSA) is 55.3 Å². The number of ether oxygens (including phenoxy) is 1. The smallest absolute Gasteiger partial charge is 0.282 e. The maximum atomic E-state index is 12.8. The van der Waals surface area contributed by atoms with Crippen molar-refractivity contribution in [1.29, 1.82) is 0 Å². The second-order valence-electron chi connectivity index (χ2n) is 6.35. The maximum Gasteiger partial charge on any atom is 0.282 e. The van der Waals surface area contributed by atoms with Crippen molar-refractivity contribution in [2.45, 2.75) is 12.8 Å². The number of piperidine rings is 1. The summed E-state index contributed by atoms with van der Waals surface area (Å²) in [7, 11) is 0. The maximum absolute atomic E-state index is 12.8. The molecule has 3 heterocycles. The van der Waals surface area contributed by atoms with Gasteiger partial charge in [0, 0.05) is 25.2 Å². The summed E-state index contributed by atoms with van der Waals surface area (Å²) in [4.78, 5) is 23.4. The van der Waals surface area contributed by atoms with Gasteiger partial charge in [0.1, 0.15) is 5.02 Å². The van der Waals surface area contributed by atoms with Crippen molar-refractivity contribution in [2.75, 3.05) is 19.7 Å². The number of hydrogen-bond donors (Lipinski definition) is 0. The van der Waals surface area contributed by atoms with Crippen molar-refractivity contribution in [3.63, 3.8) is 0 Å². The first-order chi connectivity index (χ1) is 12.7. The molecule has 3 aromatic rings. The molecular formula is C19H18ClN3O2S. The number of aromatic nitrogens is 2. The molecule has 1 fully saturated rings. The molecule has 0 N–H and O–H groups in total. The van der Waals surface area contributed by atoms with Crippen LogP contribution in [0.4, 0.5) is 0 Å². The predicted octanol–water partition coefficient (Wildman–Crippen LogP) is 4.28. The molecule has 5 nitrogen and oxygen atoms in total. The quantitative estimate of drug-likeness (QED) is 0.670. The summed E-state index contributed by atoms with van der Waals surface area (Å²) in [5.41, 5.74) is 0.877. The van der Waals surface area contributed by atoms with Crippen molar-refractivity contribution in [2.24, 2.45) is 5.92 Å². The molecule has 0 spiro atoms. The molecule has 1 aromatic carbocycles. The third kappa shape index (κ3) is 3.66. The number of nitrogens with zero attached hydrogens (tertiary/aromatic N) is 3. The lowest BCUT2D eigenvalue weighted by atomic mass is 9.99. The number of hydrogen-bond acceptors (Lipinski definition) is 5. The molecule has 1 aliphatic rings. The predicted molar refractivity (Wildman–Crippen MR) is 103 cm³/mol. The van der Waals surface area contributed by atoms with Crippen LogP contribution >= 0.6 is 22.9 Å². The number of fused-ring (bicyclic) bond motifs is 1. The van der Waals surface area contributed by atoms with Crippen LogP contribution in [0.5, 0.6) is 5.88 Å². The van der Waals surface area contributed by atoms with Gasteiger partial charge in [0.25, 0.3) is 5.91 Å². The lowest BCUT2D eigenvalue weighted by molar-refractivity contribution is 0.0631. The van der Waals surface area contributed by atoms with Gasteiger partial charge < -0.3 is 9.64 Å². The van der Waals surface area contributed by atoms with E-state index in [1.54, 1.807) is 18.3 Å². The highest BCUT2D eigenvalue weighted by atomic mass is 35.5. The first-order valence-electron chi connectivity index (χ1n) is 8.59. The van der Waals surface area contributed by atoms with Gasteiger partial charge in [-0.2, -0.15) is 0 Å². The summed E-state index contributed by atoms with van der Waals surface area (Å²) in [5.74, 6) is 0.718. The molecule has 0 saturated carbocycles. The van der Waals surface area contributed by atoms with E-state index < -0.39 is 0 Å². The van der Waals surface area contributed by atoms with Gasteiger partial charge in [0.05, 0.1) is 16.8 Å². The number of thiazole rings is 1. The fourth-order valence-electron chi connectivity index (χ4n) is 3.16. The highest BCUT2D eigenvalue weighted by molar-refractivity contribution is 7.20. The molecular weight excluding hydrogens is 370 g/mol. The first kappa shape index (κ1) is 17.2. The second-order valence-corrected chi connectivity index (χ2v) is 7.79. The first-order valence-corrected chi connectivity index (χ1v) is 9.78. The zero-order valence-corrected chi connectivity index (χ0v) is 15.7. The Hall–Kier alpha value is -2.18. The molecule has 7 heteroatoms. The Labute approximate surface area is 160 Å². The molecule has 134 valence electrons. The lowest BCUT2D eigenvalue weighted by Crippen LogP contribution is -2.41. The van der Waals surface area contributed by atoms with E-state index in [2.05, 4.69) is 9.97 Å². The van der Waals surface area contributed by atoms with Gasteiger partial charge in [-0.1, -0.05) is 23.7 Å². The summed E-state index contributed by atoms with van der Waals surface area (Å²) in [6.45, 7) is 1.93. The summed E-state index contributed by atoms with van der Waals surface area (Å²) >= 11 is 7.53. The second kappa shape index (κ2) is 7.60. The average molecular weight is 388 g/mol. The fourth-order valence-corrected chi connectivity index (χ4v) is 4.27. The van der Waals surface area contributed by atoms with E-state index in [1.807, 2.05) is 29.2 Å². The summed E-state index contributed by atoms with van der Waals surface area (Å²) in [5, 5.41) is 1.06. The van der Waals surface area contributed by atoms with E-state index in [9.17, 15) is 4.79 Å². The standard InChI is InChI=1S/C19H18ClN3O2S/c20-14-6-3-9-21-17(14)25-12-13-5-4-10-23(11-13)19(24)18-22-15-7-1-2-8-16(15)26-18/h1-3,6-9,13H,4-5,10-12H2. The molecule has 0 bridgehead atoms. The zero-order valence-electron chi connectivity index (χ0n) is 14.1. The van der Waals surface area contributed by atoms with Crippen LogP contribution in [0.2, 0.25) is 5.02 Å². The van der Waals surface area contributed by atoms with E-state index in [0.717, 1.165) is 29.6 Å². The van der Waals surface area contributed by atoms with Crippen LogP contribution in [0.25, 0.3) is 10.2 Å². The van der Waals surface area contributed by atoms with Gasteiger partial charge in [-0.05, 0) is 37.1 Å². The van der Waals surface area contributed by atoms with Crippen molar-refractivity contribution in [3.8, 4) is 5.88 Å². The van der Waals surface area contributed by atoms with Gasteiger partial charge in [-0.15, -0.1) is 11.3 Å². The number of rotatable bonds is 4. The van der Waals surface area contributed by atoms with E-state index in [0.29, 0.717) is 29.1 Å². The Morgan fingerprint density at radius 3 is 3.04 bits per heavy atom. The van der Waals surface area contributed by atoms with Gasteiger partial charge in [-0.3, -0.25) is 4.79 Å². The van der Waals surface area contributed by atoms with Crippen LogP contribution in [-0.4, -0.2) is 40.5 Å². The average Bonchev–Trinajstić information content (AvgIpc) is 3.11. The normalized spacial score (nSPS) is 17.4. The van der Waals surface area contributed by atoms with E-state index in [1.165, 1.54) is 11.3 Å². The number of amides is 1.